The van der Waals surface area contributed by atoms with Crippen molar-refractivity contribution in [2.75, 3.05) is 0 Å². The number of carboxylic acids is 1. The minimum absolute atomic E-state index is 0.207. The quantitative estimate of drug-likeness (QED) is 0.660. The lowest BCUT2D eigenvalue weighted by atomic mass is 9.89. The van der Waals surface area contributed by atoms with E-state index in [0.717, 1.165) is 6.42 Å². The average molecular weight is 171 g/mol. The lowest BCUT2D eigenvalue weighted by Gasteiger charge is -2.16. The zero-order valence-electron chi connectivity index (χ0n) is 7.66. The molecule has 0 aromatic carbocycles. The van der Waals surface area contributed by atoms with Crippen LogP contribution in [0.3, 0.4) is 0 Å². The second kappa shape index (κ2) is 5.63. The van der Waals surface area contributed by atoms with Gasteiger partial charge in [-0.25, -0.2) is 0 Å². The molecule has 3 N–H and O–H groups in total. The predicted octanol–water partition coefficient (Wildman–Crippen LogP) is 1.60. The van der Waals surface area contributed by atoms with Gasteiger partial charge in [-0.1, -0.05) is 26.3 Å². The third kappa shape index (κ3) is 3.42. The molecule has 0 radical (unpaired) electrons. The van der Waals surface area contributed by atoms with Crippen molar-refractivity contribution in [3.05, 3.63) is 12.3 Å². The Morgan fingerprint density at radius 2 is 2.25 bits per heavy atom. The minimum atomic E-state index is -0.734. The van der Waals surface area contributed by atoms with Crippen molar-refractivity contribution in [2.45, 2.75) is 26.7 Å². The summed E-state index contributed by atoms with van der Waals surface area (Å²) in [5.74, 6) is -0.823. The van der Waals surface area contributed by atoms with E-state index in [1.54, 1.807) is 6.08 Å². The monoisotopic (exact) mass is 171 g/mol. The van der Waals surface area contributed by atoms with Crippen LogP contribution in [0, 0.1) is 11.8 Å². The van der Waals surface area contributed by atoms with Crippen LogP contribution in [0.15, 0.2) is 12.3 Å². The molecule has 0 saturated carbocycles. The lowest BCUT2D eigenvalue weighted by Crippen LogP contribution is -2.20. The Morgan fingerprint density at radius 3 is 2.58 bits per heavy atom. The van der Waals surface area contributed by atoms with Crippen LogP contribution in [0.1, 0.15) is 26.7 Å². The highest BCUT2D eigenvalue weighted by atomic mass is 16.4. The van der Waals surface area contributed by atoms with Crippen LogP contribution in [0.2, 0.25) is 0 Å². The molecular formula is C9H17NO2. The van der Waals surface area contributed by atoms with Crippen molar-refractivity contribution < 1.29 is 9.90 Å². The summed E-state index contributed by atoms with van der Waals surface area (Å²) in [5, 5.41) is 8.83. The van der Waals surface area contributed by atoms with Crippen LogP contribution in [0.4, 0.5) is 0 Å². The van der Waals surface area contributed by atoms with Crippen LogP contribution in [-0.4, -0.2) is 11.1 Å². The first-order valence-corrected chi connectivity index (χ1v) is 4.23. The number of hydrogen-bond acceptors (Lipinski definition) is 2. The minimum Gasteiger partial charge on any atom is -0.481 e. The molecule has 0 aliphatic carbocycles. The molecule has 0 aliphatic rings. The van der Waals surface area contributed by atoms with E-state index in [2.05, 4.69) is 0 Å². The Hall–Kier alpha value is -0.990. The summed E-state index contributed by atoms with van der Waals surface area (Å²) < 4.78 is 0. The van der Waals surface area contributed by atoms with Crippen molar-refractivity contribution in [1.82, 2.24) is 0 Å². The molecule has 3 nitrogen and oxygen atoms in total. The van der Waals surface area contributed by atoms with E-state index in [4.69, 9.17) is 10.8 Å². The standard InChI is InChI=1S/C9H17NO2/c1-3-7(2)8(9(11)12)5-4-6-10/h4,6-8H,3,5,10H2,1-2H3,(H,11,12)/b6-4+/t7?,8-/m1/s1. The van der Waals surface area contributed by atoms with Gasteiger partial charge in [-0.05, 0) is 18.5 Å². The molecule has 0 aliphatic heterocycles. The first-order valence-electron chi connectivity index (χ1n) is 4.23. The van der Waals surface area contributed by atoms with Gasteiger partial charge in [0.05, 0.1) is 5.92 Å². The molecule has 0 aromatic rings. The summed E-state index contributed by atoms with van der Waals surface area (Å²) in [4.78, 5) is 10.7. The lowest BCUT2D eigenvalue weighted by molar-refractivity contribution is -0.143. The Balaban J connectivity index is 4.12. The van der Waals surface area contributed by atoms with Gasteiger partial charge in [-0.15, -0.1) is 0 Å². The number of nitrogens with two attached hydrogens (primary N) is 1. The third-order valence-electron chi connectivity index (χ3n) is 2.17. The summed E-state index contributed by atoms with van der Waals surface area (Å²) in [5.41, 5.74) is 5.15. The highest BCUT2D eigenvalue weighted by Gasteiger charge is 2.21. The molecule has 1 unspecified atom stereocenters. The maximum Gasteiger partial charge on any atom is 0.307 e. The third-order valence-corrected chi connectivity index (χ3v) is 2.17. The average Bonchev–Trinajstić information content (AvgIpc) is 2.04. The van der Waals surface area contributed by atoms with Crippen LogP contribution in [0.25, 0.3) is 0 Å². The molecule has 3 heteroatoms. The second-order valence-corrected chi connectivity index (χ2v) is 2.99. The maximum absolute atomic E-state index is 10.7. The fourth-order valence-electron chi connectivity index (χ4n) is 1.09. The fraction of sp³-hybridized carbons (Fsp3) is 0.667. The van der Waals surface area contributed by atoms with Crippen molar-refractivity contribution in [2.24, 2.45) is 17.6 Å². The van der Waals surface area contributed by atoms with Gasteiger partial charge < -0.3 is 10.8 Å². The molecule has 0 amide bonds. The van der Waals surface area contributed by atoms with E-state index in [1.807, 2.05) is 13.8 Å². The van der Waals surface area contributed by atoms with Crippen LogP contribution >= 0.6 is 0 Å². The van der Waals surface area contributed by atoms with Crippen molar-refractivity contribution in [3.8, 4) is 0 Å². The van der Waals surface area contributed by atoms with Crippen molar-refractivity contribution >= 4 is 5.97 Å². The number of hydrogen-bond donors (Lipinski definition) is 2. The van der Waals surface area contributed by atoms with E-state index in [-0.39, 0.29) is 11.8 Å². The molecule has 0 aromatic heterocycles. The van der Waals surface area contributed by atoms with Gasteiger partial charge in [0.2, 0.25) is 0 Å². The number of aliphatic carboxylic acids is 1. The van der Waals surface area contributed by atoms with Gasteiger partial charge in [0.15, 0.2) is 0 Å². The van der Waals surface area contributed by atoms with E-state index in [0.29, 0.717) is 6.42 Å². The smallest absolute Gasteiger partial charge is 0.307 e. The maximum atomic E-state index is 10.7. The summed E-state index contributed by atoms with van der Waals surface area (Å²) in [7, 11) is 0. The number of carboxylic acid groups (broad SMARTS) is 1. The zero-order chi connectivity index (χ0) is 9.56. The summed E-state index contributed by atoms with van der Waals surface area (Å²) >= 11 is 0. The molecular weight excluding hydrogens is 154 g/mol. The Labute approximate surface area is 73.3 Å². The highest BCUT2D eigenvalue weighted by Crippen LogP contribution is 2.19. The SMILES string of the molecule is CCC(C)[C@@H](C/C=C/N)C(=O)O. The van der Waals surface area contributed by atoms with Crippen LogP contribution < -0.4 is 5.73 Å². The van der Waals surface area contributed by atoms with Gasteiger partial charge in [0.25, 0.3) is 0 Å². The fourth-order valence-corrected chi connectivity index (χ4v) is 1.09. The zero-order valence-corrected chi connectivity index (χ0v) is 7.66. The van der Waals surface area contributed by atoms with Gasteiger partial charge >= 0.3 is 5.97 Å². The molecule has 0 heterocycles. The molecule has 2 atom stereocenters. The molecule has 0 spiro atoms. The van der Waals surface area contributed by atoms with Gasteiger partial charge in [-0.2, -0.15) is 0 Å². The van der Waals surface area contributed by atoms with Crippen molar-refractivity contribution in [3.63, 3.8) is 0 Å². The molecule has 0 fully saturated rings. The largest absolute Gasteiger partial charge is 0.481 e. The highest BCUT2D eigenvalue weighted by molar-refractivity contribution is 5.70. The summed E-state index contributed by atoms with van der Waals surface area (Å²) in [6, 6.07) is 0. The van der Waals surface area contributed by atoms with E-state index in [1.165, 1.54) is 6.20 Å². The van der Waals surface area contributed by atoms with Crippen molar-refractivity contribution in [1.29, 1.82) is 0 Å². The van der Waals surface area contributed by atoms with E-state index in [9.17, 15) is 4.79 Å². The number of carbonyl (C=O) groups is 1. The van der Waals surface area contributed by atoms with Gasteiger partial charge in [-0.3, -0.25) is 4.79 Å². The Morgan fingerprint density at radius 1 is 1.67 bits per heavy atom. The molecule has 70 valence electrons. The number of rotatable bonds is 5. The summed E-state index contributed by atoms with van der Waals surface area (Å²) in [6.07, 6.45) is 4.51. The second-order valence-electron chi connectivity index (χ2n) is 2.99. The van der Waals surface area contributed by atoms with E-state index >= 15 is 0 Å². The summed E-state index contributed by atoms with van der Waals surface area (Å²) in [6.45, 7) is 3.94. The first-order chi connectivity index (χ1) is 5.63. The molecule has 0 bridgehead atoms. The van der Waals surface area contributed by atoms with Gasteiger partial charge in [0, 0.05) is 0 Å². The Bertz CT molecular complexity index is 166. The topological polar surface area (TPSA) is 63.3 Å². The van der Waals surface area contributed by atoms with Crippen LogP contribution in [-0.2, 0) is 4.79 Å². The van der Waals surface area contributed by atoms with Crippen LogP contribution in [0.5, 0.6) is 0 Å². The van der Waals surface area contributed by atoms with E-state index < -0.39 is 5.97 Å². The Kier molecular flexibility index (Phi) is 5.17. The molecule has 0 rings (SSSR count). The van der Waals surface area contributed by atoms with Gasteiger partial charge in [0.1, 0.15) is 0 Å². The first kappa shape index (κ1) is 11.0. The molecule has 12 heavy (non-hydrogen) atoms. The number of allylic oxidation sites excluding steroid dienone is 1. The predicted molar refractivity (Wildman–Crippen MR) is 48.5 cm³/mol. The molecule has 0 saturated heterocycles. The normalized spacial score (nSPS) is 16.2.